The number of hydrogen-bond donors (Lipinski definition) is 1. The molecule has 208 valence electrons. The third-order valence-corrected chi connectivity index (χ3v) is 6.72. The Morgan fingerprint density at radius 1 is 0.974 bits per heavy atom. The van der Waals surface area contributed by atoms with Crippen molar-refractivity contribution in [1.82, 2.24) is 5.32 Å². The molecule has 1 heterocycles. The molecule has 1 aliphatic rings. The number of halogens is 4. The molecule has 1 fully saturated rings. The molecule has 2 aromatic carbocycles. The minimum absolute atomic E-state index is 0.0418. The van der Waals surface area contributed by atoms with Crippen LogP contribution in [0.2, 0.25) is 0 Å². The van der Waals surface area contributed by atoms with Gasteiger partial charge in [-0.3, -0.25) is 0 Å². The molecule has 9 heteroatoms. The molecular weight excluding hydrogens is 502 g/mol. The highest BCUT2D eigenvalue weighted by Gasteiger charge is 2.35. The summed E-state index contributed by atoms with van der Waals surface area (Å²) in [5, 5.41) is 2.61. The van der Waals surface area contributed by atoms with Crippen molar-refractivity contribution >= 4 is 12.1 Å². The van der Waals surface area contributed by atoms with E-state index < -0.39 is 41.5 Å². The molecule has 1 saturated heterocycles. The van der Waals surface area contributed by atoms with Gasteiger partial charge in [0.1, 0.15) is 23.6 Å². The van der Waals surface area contributed by atoms with E-state index in [0.717, 1.165) is 23.3 Å². The molecule has 1 aliphatic heterocycles. The monoisotopic (exact) mass is 537 g/mol. The number of alkyl carbamates (subject to hydrolysis) is 1. The maximum atomic E-state index is 13.5. The zero-order chi connectivity index (χ0) is 28.1. The van der Waals surface area contributed by atoms with Crippen molar-refractivity contribution in [3.8, 4) is 0 Å². The Bertz CT molecular complexity index is 1080. The molecule has 3 rings (SSSR count). The second-order valence-corrected chi connectivity index (χ2v) is 10.9. The molecule has 4 unspecified atom stereocenters. The molecule has 5 nitrogen and oxygen atoms in total. The van der Waals surface area contributed by atoms with Gasteiger partial charge in [-0.2, -0.15) is 13.2 Å². The van der Waals surface area contributed by atoms with Gasteiger partial charge in [-0.1, -0.05) is 30.7 Å². The van der Waals surface area contributed by atoms with Crippen molar-refractivity contribution in [2.45, 2.75) is 83.7 Å². The van der Waals surface area contributed by atoms with E-state index in [1.54, 1.807) is 39.8 Å². The lowest BCUT2D eigenvalue weighted by atomic mass is 9.77. The number of hydrogen-bond acceptors (Lipinski definition) is 4. The third kappa shape index (κ3) is 8.74. The lowest BCUT2D eigenvalue weighted by molar-refractivity contribution is -0.154. The maximum absolute atomic E-state index is 13.5. The number of cyclic esters (lactones) is 1. The largest absolute Gasteiger partial charge is 0.461 e. The van der Waals surface area contributed by atoms with E-state index >= 15 is 0 Å². The molecular formula is C29H35F4NO4. The average Bonchev–Trinajstić information content (AvgIpc) is 2.85. The Kier molecular flexibility index (Phi) is 9.44. The number of alkyl halides is 3. The first kappa shape index (κ1) is 29.5. The van der Waals surface area contributed by atoms with E-state index in [9.17, 15) is 27.2 Å². The highest BCUT2D eigenvalue weighted by Crippen LogP contribution is 2.34. The number of nitrogens with one attached hydrogen (secondary N) is 1. The van der Waals surface area contributed by atoms with E-state index in [2.05, 4.69) is 5.32 Å². The van der Waals surface area contributed by atoms with Gasteiger partial charge >= 0.3 is 18.2 Å². The second-order valence-electron chi connectivity index (χ2n) is 10.9. The fraction of sp³-hybridized carbons (Fsp3) is 0.517. The number of ether oxygens (including phenoxy) is 2. The molecule has 0 saturated carbocycles. The Balaban J connectivity index is 1.84. The highest BCUT2D eigenvalue weighted by molar-refractivity contribution is 5.81. The molecule has 4 atom stereocenters. The summed E-state index contributed by atoms with van der Waals surface area (Å²) in [4.78, 5) is 25.3. The maximum Gasteiger partial charge on any atom is 0.416 e. The van der Waals surface area contributed by atoms with E-state index in [1.165, 1.54) is 24.3 Å². The zero-order valence-electron chi connectivity index (χ0n) is 22.1. The second kappa shape index (κ2) is 12.2. The van der Waals surface area contributed by atoms with Crippen LogP contribution >= 0.6 is 0 Å². The normalized spacial score (nSPS) is 23.0. The summed E-state index contributed by atoms with van der Waals surface area (Å²) in [7, 11) is 0. The van der Waals surface area contributed by atoms with Gasteiger partial charge in [-0.15, -0.1) is 0 Å². The van der Waals surface area contributed by atoms with Crippen LogP contribution in [0, 0.1) is 17.7 Å². The van der Waals surface area contributed by atoms with Crippen LogP contribution in [0.25, 0.3) is 0 Å². The molecule has 0 bridgehead atoms. The van der Waals surface area contributed by atoms with E-state index in [1.807, 2.05) is 0 Å². The zero-order valence-corrected chi connectivity index (χ0v) is 22.1. The number of esters is 1. The Labute approximate surface area is 220 Å². The number of carbonyl (C=O) groups excluding carboxylic acids is 2. The van der Waals surface area contributed by atoms with Crippen molar-refractivity contribution in [3.05, 3.63) is 71.0 Å². The van der Waals surface area contributed by atoms with Gasteiger partial charge in [0, 0.05) is 5.92 Å². The Morgan fingerprint density at radius 3 is 2.13 bits per heavy atom. The standard InChI is InChI=1S/C29H35F4NO4/c1-18-24(17-20-10-14-23(30)15-11-20)21(16-19-8-12-22(13-9-19)29(31,32)33)6-5-7-25(26(35)37-18)34-27(36)38-28(2,3)4/h8-15,18,21,24-25H,5-7,16-17H2,1-4H3,(H,34,36). The molecule has 1 amide bonds. The Hall–Kier alpha value is -3.10. The first-order chi connectivity index (χ1) is 17.7. The van der Waals surface area contributed by atoms with Gasteiger partial charge < -0.3 is 14.8 Å². The fourth-order valence-electron chi connectivity index (χ4n) is 4.84. The van der Waals surface area contributed by atoms with E-state index in [4.69, 9.17) is 9.47 Å². The third-order valence-electron chi connectivity index (χ3n) is 6.72. The van der Waals surface area contributed by atoms with Crippen LogP contribution in [0.3, 0.4) is 0 Å². The van der Waals surface area contributed by atoms with E-state index in [0.29, 0.717) is 32.1 Å². The van der Waals surface area contributed by atoms with Crippen molar-refractivity contribution in [2.24, 2.45) is 11.8 Å². The van der Waals surface area contributed by atoms with E-state index in [-0.39, 0.29) is 17.7 Å². The molecule has 0 aromatic heterocycles. The lowest BCUT2D eigenvalue weighted by Crippen LogP contribution is -2.45. The van der Waals surface area contributed by atoms with Gasteiger partial charge in [-0.25, -0.2) is 14.0 Å². The first-order valence-corrected chi connectivity index (χ1v) is 12.8. The topological polar surface area (TPSA) is 64.6 Å². The van der Waals surface area contributed by atoms with Gasteiger partial charge in [-0.05, 0) is 94.7 Å². The smallest absolute Gasteiger partial charge is 0.416 e. The molecule has 1 N–H and O–H groups in total. The average molecular weight is 538 g/mol. The van der Waals surface area contributed by atoms with Crippen LogP contribution in [0.1, 0.15) is 63.6 Å². The summed E-state index contributed by atoms with van der Waals surface area (Å²) < 4.78 is 63.8. The summed E-state index contributed by atoms with van der Waals surface area (Å²) in [5.74, 6) is -1.16. The van der Waals surface area contributed by atoms with Crippen LogP contribution in [0.15, 0.2) is 48.5 Å². The molecule has 0 radical (unpaired) electrons. The van der Waals surface area contributed by atoms with Crippen LogP contribution in [0.4, 0.5) is 22.4 Å². The van der Waals surface area contributed by atoms with Crippen molar-refractivity contribution < 1.29 is 36.6 Å². The van der Waals surface area contributed by atoms with Crippen LogP contribution in [-0.2, 0) is 33.3 Å². The highest BCUT2D eigenvalue weighted by atomic mass is 19.4. The summed E-state index contributed by atoms with van der Waals surface area (Å²) in [6.07, 6.45) is -3.16. The molecule has 38 heavy (non-hydrogen) atoms. The minimum Gasteiger partial charge on any atom is -0.461 e. The summed E-state index contributed by atoms with van der Waals surface area (Å²) >= 11 is 0. The summed E-state index contributed by atoms with van der Waals surface area (Å²) in [6.45, 7) is 6.95. The predicted octanol–water partition coefficient (Wildman–Crippen LogP) is 6.87. The van der Waals surface area contributed by atoms with Crippen molar-refractivity contribution in [2.75, 3.05) is 0 Å². The van der Waals surface area contributed by atoms with Crippen LogP contribution in [0.5, 0.6) is 0 Å². The van der Waals surface area contributed by atoms with Gasteiger partial charge in [0.2, 0.25) is 0 Å². The number of benzene rings is 2. The number of rotatable bonds is 5. The van der Waals surface area contributed by atoms with Crippen LogP contribution in [-0.4, -0.2) is 29.8 Å². The minimum atomic E-state index is -4.42. The van der Waals surface area contributed by atoms with Crippen molar-refractivity contribution in [3.63, 3.8) is 0 Å². The summed E-state index contributed by atoms with van der Waals surface area (Å²) in [6, 6.07) is 10.3. The lowest BCUT2D eigenvalue weighted by Gasteiger charge is -2.31. The molecule has 2 aromatic rings. The van der Waals surface area contributed by atoms with Crippen LogP contribution < -0.4 is 5.32 Å². The van der Waals surface area contributed by atoms with Gasteiger partial charge in [0.25, 0.3) is 0 Å². The first-order valence-electron chi connectivity index (χ1n) is 12.8. The Morgan fingerprint density at radius 2 is 1.55 bits per heavy atom. The summed E-state index contributed by atoms with van der Waals surface area (Å²) in [5.41, 5.74) is 0.164. The molecule has 0 aliphatic carbocycles. The SMILES string of the molecule is CC1OC(=O)C(NC(=O)OC(C)(C)C)CCCC(Cc2ccc(C(F)(F)F)cc2)C1Cc1ccc(F)cc1. The van der Waals surface area contributed by atoms with Gasteiger partial charge in [0.15, 0.2) is 0 Å². The number of amides is 1. The quantitative estimate of drug-likeness (QED) is 0.334. The number of carbonyl (C=O) groups is 2. The molecule has 0 spiro atoms. The predicted molar refractivity (Wildman–Crippen MR) is 135 cm³/mol. The van der Waals surface area contributed by atoms with Crippen molar-refractivity contribution in [1.29, 1.82) is 0 Å². The van der Waals surface area contributed by atoms with Gasteiger partial charge in [0.05, 0.1) is 5.56 Å². The fourth-order valence-corrected chi connectivity index (χ4v) is 4.84.